The molecule has 0 fully saturated rings. The van der Waals surface area contributed by atoms with E-state index in [9.17, 15) is 4.39 Å². The van der Waals surface area contributed by atoms with Gasteiger partial charge in [-0.2, -0.15) is 0 Å². The van der Waals surface area contributed by atoms with Crippen molar-refractivity contribution in [1.82, 2.24) is 0 Å². The van der Waals surface area contributed by atoms with Gasteiger partial charge in [-0.05, 0) is 122 Å². The smallest absolute Gasteiger partial charge is 0.127 e. The Morgan fingerprint density at radius 1 is 0.586 bits per heavy atom. The Kier molecular flexibility index (Phi) is 9.48. The summed E-state index contributed by atoms with van der Waals surface area (Å²) in [5.74, 6) is -0.0482. The average Bonchev–Trinajstić information content (AvgIpc) is 2.69. The number of hydrogen-bond donors (Lipinski definition) is 0. The normalized spacial score (nSPS) is 11.6. The predicted octanol–water partition coefficient (Wildman–Crippen LogP) is 9.80. The summed E-state index contributed by atoms with van der Waals surface area (Å²) in [5.41, 5.74) is 0.872. The van der Waals surface area contributed by atoms with Gasteiger partial charge in [-0.25, -0.2) is 4.39 Å². The summed E-state index contributed by atoms with van der Waals surface area (Å²) in [6, 6.07) is 12.5. The molecule has 0 aliphatic heterocycles. The van der Waals surface area contributed by atoms with Gasteiger partial charge in [-0.3, -0.25) is 0 Å². The van der Waals surface area contributed by atoms with E-state index in [2.05, 4.69) is 82.4 Å². The molecular formula is C26H31FI2. The molecule has 3 heteroatoms. The molecular weight excluding hydrogens is 585 g/mol. The average molecular weight is 616 g/mol. The summed E-state index contributed by atoms with van der Waals surface area (Å²) >= 11 is 4.74. The summed E-state index contributed by atoms with van der Waals surface area (Å²) < 4.78 is 17.1. The largest absolute Gasteiger partial charge is 0.207 e. The van der Waals surface area contributed by atoms with Crippen LogP contribution in [-0.2, 0) is 6.42 Å². The van der Waals surface area contributed by atoms with E-state index >= 15 is 0 Å². The van der Waals surface area contributed by atoms with E-state index in [1.54, 1.807) is 6.07 Å². The first-order valence-corrected chi connectivity index (χ1v) is 13.2. The molecule has 0 aliphatic carbocycles. The van der Waals surface area contributed by atoms with Crippen molar-refractivity contribution in [1.29, 1.82) is 0 Å². The lowest BCUT2D eigenvalue weighted by Crippen LogP contribution is -1.93. The second-order valence-electron chi connectivity index (χ2n) is 8.19. The van der Waals surface area contributed by atoms with Crippen LogP contribution in [0.25, 0.3) is 21.5 Å². The monoisotopic (exact) mass is 616 g/mol. The highest BCUT2D eigenvalue weighted by molar-refractivity contribution is 14.1. The molecule has 156 valence electrons. The molecule has 0 unspecified atom stereocenters. The van der Waals surface area contributed by atoms with Gasteiger partial charge in [0.25, 0.3) is 0 Å². The van der Waals surface area contributed by atoms with Gasteiger partial charge in [0.05, 0.1) is 0 Å². The summed E-state index contributed by atoms with van der Waals surface area (Å²) in [5, 5.41) is 4.57. The van der Waals surface area contributed by atoms with Crippen LogP contribution in [-0.4, -0.2) is 0 Å². The number of hydrogen-bond acceptors (Lipinski definition) is 0. The van der Waals surface area contributed by atoms with Gasteiger partial charge in [0.2, 0.25) is 0 Å². The van der Waals surface area contributed by atoms with Crippen LogP contribution in [0.3, 0.4) is 0 Å². The van der Waals surface area contributed by atoms with Crippen molar-refractivity contribution in [3.8, 4) is 0 Å². The molecule has 0 spiro atoms. The molecule has 0 saturated carbocycles. The highest BCUT2D eigenvalue weighted by Gasteiger charge is 2.08. The van der Waals surface area contributed by atoms with Crippen LogP contribution in [0, 0.1) is 13.0 Å². The van der Waals surface area contributed by atoms with Crippen LogP contribution >= 0.6 is 45.2 Å². The summed E-state index contributed by atoms with van der Waals surface area (Å²) in [6.07, 6.45) is 14.0. The van der Waals surface area contributed by atoms with Gasteiger partial charge < -0.3 is 0 Å². The molecule has 0 amide bonds. The molecule has 0 N–H and O–H groups in total. The molecule has 0 aromatic heterocycles. The first-order chi connectivity index (χ1) is 14.1. The standard InChI is InChI=1S/C26H31FI2/c1-2-3-4-5-6-7-8-9-10-11-12-19-13-20-14-22-17-25(28)26(29)18-23(22)15-21(20)16-24(19)27/h13-18H,2-12H2,1H3. The summed E-state index contributed by atoms with van der Waals surface area (Å²) in [6.45, 7) is 2.27. The predicted molar refractivity (Wildman–Crippen MR) is 142 cm³/mol. The van der Waals surface area contributed by atoms with Gasteiger partial charge >= 0.3 is 0 Å². The highest BCUT2D eigenvalue weighted by atomic mass is 127. The minimum atomic E-state index is -0.0482. The Morgan fingerprint density at radius 2 is 1.03 bits per heavy atom. The third-order valence-corrected chi connectivity index (χ3v) is 8.62. The lowest BCUT2D eigenvalue weighted by molar-refractivity contribution is 0.551. The maximum Gasteiger partial charge on any atom is 0.127 e. The number of benzene rings is 3. The van der Waals surface area contributed by atoms with Crippen molar-refractivity contribution >= 4 is 66.7 Å². The second-order valence-corrected chi connectivity index (χ2v) is 10.5. The van der Waals surface area contributed by atoms with Gasteiger partial charge in [0.1, 0.15) is 5.82 Å². The van der Waals surface area contributed by atoms with Crippen molar-refractivity contribution in [2.45, 2.75) is 77.6 Å². The topological polar surface area (TPSA) is 0 Å². The Labute approximate surface area is 202 Å². The van der Waals surface area contributed by atoms with Crippen LogP contribution in [0.4, 0.5) is 4.39 Å². The van der Waals surface area contributed by atoms with Gasteiger partial charge in [-0.15, -0.1) is 0 Å². The van der Waals surface area contributed by atoms with Crippen molar-refractivity contribution in [3.63, 3.8) is 0 Å². The van der Waals surface area contributed by atoms with Crippen LogP contribution < -0.4 is 0 Å². The Balaban J connectivity index is 1.54. The zero-order valence-electron chi connectivity index (χ0n) is 17.4. The molecule has 0 saturated heterocycles. The van der Waals surface area contributed by atoms with Crippen molar-refractivity contribution in [3.05, 3.63) is 54.9 Å². The first kappa shape index (κ1) is 23.2. The van der Waals surface area contributed by atoms with E-state index in [1.165, 1.54) is 75.7 Å². The molecule has 0 radical (unpaired) electrons. The number of aryl methyl sites for hydroxylation is 1. The summed E-state index contributed by atoms with van der Waals surface area (Å²) in [7, 11) is 0. The highest BCUT2D eigenvalue weighted by Crippen LogP contribution is 2.29. The van der Waals surface area contributed by atoms with Crippen LogP contribution in [0.2, 0.25) is 0 Å². The van der Waals surface area contributed by atoms with Crippen molar-refractivity contribution < 1.29 is 4.39 Å². The van der Waals surface area contributed by atoms with E-state index in [-0.39, 0.29) is 5.82 Å². The molecule has 3 aromatic rings. The van der Waals surface area contributed by atoms with E-state index in [4.69, 9.17) is 0 Å². The first-order valence-electron chi connectivity index (χ1n) is 11.1. The van der Waals surface area contributed by atoms with E-state index in [0.717, 1.165) is 29.2 Å². The molecule has 0 bridgehead atoms. The minimum absolute atomic E-state index is 0.0482. The maximum atomic E-state index is 14.6. The van der Waals surface area contributed by atoms with E-state index in [0.29, 0.717) is 0 Å². The van der Waals surface area contributed by atoms with Gasteiger partial charge in [0.15, 0.2) is 0 Å². The fourth-order valence-electron chi connectivity index (χ4n) is 4.06. The van der Waals surface area contributed by atoms with E-state index in [1.807, 2.05) is 0 Å². The lowest BCUT2D eigenvalue weighted by Gasteiger charge is -2.09. The third kappa shape index (κ3) is 6.78. The fourth-order valence-corrected chi connectivity index (χ4v) is 5.04. The number of unbranched alkanes of at least 4 members (excludes halogenated alkanes) is 9. The fraction of sp³-hybridized carbons (Fsp3) is 0.462. The Morgan fingerprint density at radius 3 is 1.59 bits per heavy atom. The van der Waals surface area contributed by atoms with Crippen LogP contribution in [0.15, 0.2) is 36.4 Å². The number of halogens is 3. The SMILES string of the molecule is CCCCCCCCCCCCc1cc2cc3cc(I)c(I)cc3cc2cc1F. The number of rotatable bonds is 11. The third-order valence-electron chi connectivity index (χ3n) is 5.80. The molecule has 3 rings (SSSR count). The Bertz CT molecular complexity index is 948. The molecule has 0 heterocycles. The zero-order valence-corrected chi connectivity index (χ0v) is 21.7. The molecule has 0 atom stereocenters. The number of fused-ring (bicyclic) bond motifs is 2. The molecule has 0 nitrogen and oxygen atoms in total. The van der Waals surface area contributed by atoms with Gasteiger partial charge in [0, 0.05) is 7.14 Å². The van der Waals surface area contributed by atoms with Gasteiger partial charge in [-0.1, -0.05) is 64.7 Å². The van der Waals surface area contributed by atoms with E-state index < -0.39 is 0 Å². The van der Waals surface area contributed by atoms with Crippen molar-refractivity contribution in [2.24, 2.45) is 0 Å². The molecule has 3 aromatic carbocycles. The van der Waals surface area contributed by atoms with Crippen LogP contribution in [0.1, 0.15) is 76.7 Å². The molecule has 0 aliphatic rings. The quantitative estimate of drug-likeness (QED) is 0.114. The second kappa shape index (κ2) is 11.8. The maximum absolute atomic E-state index is 14.6. The molecule has 29 heavy (non-hydrogen) atoms. The minimum Gasteiger partial charge on any atom is -0.207 e. The summed E-state index contributed by atoms with van der Waals surface area (Å²) in [4.78, 5) is 0. The lowest BCUT2D eigenvalue weighted by atomic mass is 9.98. The Hall–Kier alpha value is -0.430. The van der Waals surface area contributed by atoms with Crippen LogP contribution in [0.5, 0.6) is 0 Å². The zero-order chi connectivity index (χ0) is 20.6. The van der Waals surface area contributed by atoms with Crippen molar-refractivity contribution in [2.75, 3.05) is 0 Å².